The molecule has 2 amide bonds. The van der Waals surface area contributed by atoms with E-state index >= 15 is 0 Å². The summed E-state index contributed by atoms with van der Waals surface area (Å²) >= 11 is 6.13. The van der Waals surface area contributed by atoms with Crippen LogP contribution in [0.4, 0.5) is 0 Å². The molecule has 1 aromatic carbocycles. The molecule has 2 aliphatic heterocycles. The van der Waals surface area contributed by atoms with Crippen LogP contribution in [0.3, 0.4) is 0 Å². The molecule has 1 atom stereocenters. The third kappa shape index (κ3) is 6.57. The number of methoxy groups -OCH3 is 1. The second kappa shape index (κ2) is 11.3. The first kappa shape index (κ1) is 24.8. The number of ether oxygens (including phenoxy) is 3. The number of hydrogen-bond acceptors (Lipinski definition) is 6. The highest BCUT2D eigenvalue weighted by atomic mass is 35.5. The van der Waals surface area contributed by atoms with E-state index in [1.54, 1.807) is 24.1 Å². The van der Waals surface area contributed by atoms with E-state index in [4.69, 9.17) is 25.8 Å². The normalized spacial score (nSPS) is 22.1. The molecule has 3 rings (SSSR count). The average Bonchev–Trinajstić information content (AvgIpc) is 2.79. The van der Waals surface area contributed by atoms with Crippen LogP contribution in [0.25, 0.3) is 0 Å². The van der Waals surface area contributed by atoms with Crippen molar-refractivity contribution in [3.8, 4) is 5.75 Å². The standard InChI is InChI=1S/C23H34ClN3O5/c1-18-14-19(4-5-20(18)24)31-17-23(15-22(29)26-9-7-25(2)8-10-26)16-27(11-13-32-23)21(28)6-12-30-3/h4-5,14H,6-13,15-17H2,1-3H3/t23-/m0/s1. The number of carbonyl (C=O) groups excluding carboxylic acids is 2. The minimum Gasteiger partial charge on any atom is -0.490 e. The number of benzene rings is 1. The number of amides is 2. The molecule has 0 unspecified atom stereocenters. The van der Waals surface area contributed by atoms with E-state index in [1.165, 1.54) is 0 Å². The molecule has 0 saturated carbocycles. The quantitative estimate of drug-likeness (QED) is 0.581. The van der Waals surface area contributed by atoms with Gasteiger partial charge in [-0.3, -0.25) is 9.59 Å². The van der Waals surface area contributed by atoms with Gasteiger partial charge in [-0.1, -0.05) is 11.6 Å². The molecule has 2 heterocycles. The van der Waals surface area contributed by atoms with E-state index in [9.17, 15) is 9.59 Å². The molecule has 0 spiro atoms. The summed E-state index contributed by atoms with van der Waals surface area (Å²) in [6.07, 6.45) is 0.466. The largest absolute Gasteiger partial charge is 0.490 e. The molecule has 0 aliphatic carbocycles. The average molecular weight is 468 g/mol. The van der Waals surface area contributed by atoms with Crippen LogP contribution >= 0.6 is 11.6 Å². The van der Waals surface area contributed by atoms with Gasteiger partial charge in [0.2, 0.25) is 11.8 Å². The first-order valence-electron chi connectivity index (χ1n) is 11.1. The lowest BCUT2D eigenvalue weighted by Crippen LogP contribution is -2.59. The van der Waals surface area contributed by atoms with E-state index in [2.05, 4.69) is 11.9 Å². The topological polar surface area (TPSA) is 71.5 Å². The first-order valence-corrected chi connectivity index (χ1v) is 11.5. The first-order chi connectivity index (χ1) is 15.3. The Labute approximate surface area is 195 Å². The van der Waals surface area contributed by atoms with Gasteiger partial charge in [0.25, 0.3) is 0 Å². The monoisotopic (exact) mass is 467 g/mol. The lowest BCUT2D eigenvalue weighted by Gasteiger charge is -2.43. The van der Waals surface area contributed by atoms with Crippen LogP contribution < -0.4 is 4.74 Å². The predicted molar refractivity (Wildman–Crippen MR) is 122 cm³/mol. The Morgan fingerprint density at radius 3 is 2.56 bits per heavy atom. The molecular weight excluding hydrogens is 434 g/mol. The van der Waals surface area contributed by atoms with Crippen LogP contribution in [0.15, 0.2) is 18.2 Å². The zero-order valence-corrected chi connectivity index (χ0v) is 20.0. The van der Waals surface area contributed by atoms with Crippen LogP contribution in [-0.4, -0.2) is 105 Å². The van der Waals surface area contributed by atoms with Crippen LogP contribution in [0.2, 0.25) is 5.02 Å². The highest BCUT2D eigenvalue weighted by molar-refractivity contribution is 6.31. The van der Waals surface area contributed by atoms with Crippen LogP contribution in [0, 0.1) is 6.92 Å². The maximum Gasteiger partial charge on any atom is 0.225 e. The smallest absolute Gasteiger partial charge is 0.225 e. The molecule has 1 aromatic rings. The fourth-order valence-corrected chi connectivity index (χ4v) is 4.13. The minimum atomic E-state index is -0.908. The van der Waals surface area contributed by atoms with Gasteiger partial charge in [-0.25, -0.2) is 0 Å². The molecule has 32 heavy (non-hydrogen) atoms. The molecule has 2 aliphatic rings. The Hall–Kier alpha value is -1.87. The molecular formula is C23H34ClN3O5. The van der Waals surface area contributed by atoms with Crippen molar-refractivity contribution in [1.29, 1.82) is 0 Å². The third-order valence-corrected chi connectivity index (χ3v) is 6.51. The molecule has 0 bridgehead atoms. The summed E-state index contributed by atoms with van der Waals surface area (Å²) in [7, 11) is 3.63. The maximum atomic E-state index is 13.2. The van der Waals surface area contributed by atoms with Gasteiger partial charge in [0.1, 0.15) is 18.0 Å². The summed E-state index contributed by atoms with van der Waals surface area (Å²) < 4.78 is 17.3. The summed E-state index contributed by atoms with van der Waals surface area (Å²) in [6.45, 7) is 6.69. The molecule has 0 radical (unpaired) electrons. The van der Waals surface area contributed by atoms with Gasteiger partial charge in [0, 0.05) is 44.9 Å². The number of nitrogens with zero attached hydrogens (tertiary/aromatic N) is 3. The van der Waals surface area contributed by atoms with Crippen molar-refractivity contribution >= 4 is 23.4 Å². The zero-order valence-electron chi connectivity index (χ0n) is 19.3. The summed E-state index contributed by atoms with van der Waals surface area (Å²) in [5, 5.41) is 0.668. The van der Waals surface area contributed by atoms with E-state index in [-0.39, 0.29) is 24.8 Å². The fourth-order valence-electron chi connectivity index (χ4n) is 4.02. The summed E-state index contributed by atoms with van der Waals surface area (Å²) in [4.78, 5) is 31.7. The number of halogens is 1. The van der Waals surface area contributed by atoms with Gasteiger partial charge >= 0.3 is 0 Å². The molecule has 2 saturated heterocycles. The fraction of sp³-hybridized carbons (Fsp3) is 0.652. The van der Waals surface area contributed by atoms with E-state index in [1.807, 2.05) is 17.9 Å². The van der Waals surface area contributed by atoms with Gasteiger partial charge in [0.15, 0.2) is 0 Å². The van der Waals surface area contributed by atoms with Crippen molar-refractivity contribution < 1.29 is 23.8 Å². The number of likely N-dealkylation sites (N-methyl/N-ethyl adjacent to an activating group) is 1. The number of morpholine rings is 1. The molecule has 178 valence electrons. The second-order valence-electron chi connectivity index (χ2n) is 8.65. The molecule has 8 nitrogen and oxygen atoms in total. The Morgan fingerprint density at radius 1 is 1.12 bits per heavy atom. The number of carbonyl (C=O) groups is 2. The molecule has 2 fully saturated rings. The van der Waals surface area contributed by atoms with Crippen molar-refractivity contribution in [3.05, 3.63) is 28.8 Å². The van der Waals surface area contributed by atoms with E-state index in [0.717, 1.165) is 18.7 Å². The van der Waals surface area contributed by atoms with Crippen LogP contribution in [0.1, 0.15) is 18.4 Å². The van der Waals surface area contributed by atoms with Gasteiger partial charge in [-0.05, 0) is 37.7 Å². The highest BCUT2D eigenvalue weighted by Gasteiger charge is 2.42. The van der Waals surface area contributed by atoms with Crippen LogP contribution in [-0.2, 0) is 19.1 Å². The Bertz CT molecular complexity index is 800. The molecule has 0 aromatic heterocycles. The molecule has 0 N–H and O–H groups in total. The lowest BCUT2D eigenvalue weighted by atomic mass is 9.96. The van der Waals surface area contributed by atoms with Gasteiger partial charge in [-0.2, -0.15) is 0 Å². The van der Waals surface area contributed by atoms with E-state index in [0.29, 0.717) is 56.6 Å². The second-order valence-corrected chi connectivity index (χ2v) is 9.06. The maximum absolute atomic E-state index is 13.2. The highest BCUT2D eigenvalue weighted by Crippen LogP contribution is 2.27. The number of piperazine rings is 1. The SMILES string of the molecule is COCCC(=O)N1CCO[C@@](COc2ccc(Cl)c(C)c2)(CC(=O)N2CCN(C)CC2)C1. The molecule has 9 heteroatoms. The minimum absolute atomic E-state index is 0.00564. The third-order valence-electron chi connectivity index (χ3n) is 6.08. The van der Waals surface area contributed by atoms with Gasteiger partial charge in [0.05, 0.1) is 32.6 Å². The van der Waals surface area contributed by atoms with Gasteiger partial charge < -0.3 is 28.9 Å². The number of aryl methyl sites for hydroxylation is 1. The summed E-state index contributed by atoms with van der Waals surface area (Å²) in [5.41, 5.74) is 0.00209. The Kier molecular flexibility index (Phi) is 8.76. The van der Waals surface area contributed by atoms with Crippen molar-refractivity contribution in [2.24, 2.45) is 0 Å². The Morgan fingerprint density at radius 2 is 1.88 bits per heavy atom. The zero-order chi connectivity index (χ0) is 23.1. The van der Waals surface area contributed by atoms with Crippen LogP contribution in [0.5, 0.6) is 5.75 Å². The number of hydrogen-bond donors (Lipinski definition) is 0. The van der Waals surface area contributed by atoms with Crippen molar-refractivity contribution in [2.45, 2.75) is 25.4 Å². The van der Waals surface area contributed by atoms with Gasteiger partial charge in [-0.15, -0.1) is 0 Å². The summed E-state index contributed by atoms with van der Waals surface area (Å²) in [6, 6.07) is 5.45. The number of rotatable bonds is 8. The van der Waals surface area contributed by atoms with Crippen molar-refractivity contribution in [2.75, 3.05) is 73.2 Å². The predicted octanol–water partition coefficient (Wildman–Crippen LogP) is 1.83. The van der Waals surface area contributed by atoms with Crippen molar-refractivity contribution in [1.82, 2.24) is 14.7 Å². The van der Waals surface area contributed by atoms with Crippen molar-refractivity contribution in [3.63, 3.8) is 0 Å². The Balaban J connectivity index is 1.73. The van der Waals surface area contributed by atoms with E-state index < -0.39 is 5.60 Å². The summed E-state index contributed by atoms with van der Waals surface area (Å²) in [5.74, 6) is 0.679. The lowest BCUT2D eigenvalue weighted by molar-refractivity contribution is -0.166.